The van der Waals surface area contributed by atoms with Crippen molar-refractivity contribution >= 4 is 11.8 Å². The molecule has 1 aliphatic heterocycles. The maximum Gasteiger partial charge on any atom is 0.290 e. The van der Waals surface area contributed by atoms with Crippen molar-refractivity contribution in [2.45, 2.75) is 39.4 Å². The van der Waals surface area contributed by atoms with E-state index in [1.54, 1.807) is 12.1 Å². The SMILES string of the molecule is CC(C)C1CN(Cc2nc(C(N)=O)no2)CCC(=O)N1Cc1ccc(F)cc1. The van der Waals surface area contributed by atoms with E-state index in [1.165, 1.54) is 12.1 Å². The second kappa shape index (κ2) is 8.47. The van der Waals surface area contributed by atoms with Crippen LogP contribution < -0.4 is 5.73 Å². The summed E-state index contributed by atoms with van der Waals surface area (Å²) in [5, 5.41) is 3.56. The molecule has 0 bridgehead atoms. The lowest BCUT2D eigenvalue weighted by Crippen LogP contribution is -2.45. The van der Waals surface area contributed by atoms with Crippen molar-refractivity contribution in [2.75, 3.05) is 13.1 Å². The van der Waals surface area contributed by atoms with Crippen LogP contribution in [0.5, 0.6) is 0 Å². The third kappa shape index (κ3) is 4.72. The van der Waals surface area contributed by atoms with E-state index in [0.717, 1.165) is 5.56 Å². The number of primary amides is 1. The summed E-state index contributed by atoms with van der Waals surface area (Å²) in [6, 6.07) is 6.18. The molecule has 0 radical (unpaired) electrons. The van der Waals surface area contributed by atoms with Crippen molar-refractivity contribution in [3.63, 3.8) is 0 Å². The highest BCUT2D eigenvalue weighted by molar-refractivity contribution is 5.88. The molecule has 0 aliphatic carbocycles. The Balaban J connectivity index is 1.75. The van der Waals surface area contributed by atoms with Crippen LogP contribution in [0.15, 0.2) is 28.8 Å². The van der Waals surface area contributed by atoms with Crippen molar-refractivity contribution in [1.82, 2.24) is 19.9 Å². The van der Waals surface area contributed by atoms with E-state index in [9.17, 15) is 14.0 Å². The summed E-state index contributed by atoms with van der Waals surface area (Å²) in [5.74, 6) is -0.642. The number of hydrogen-bond donors (Lipinski definition) is 1. The molecule has 1 fully saturated rings. The number of aromatic nitrogens is 2. The molecule has 2 aromatic rings. The molecular formula is C19H24FN5O3. The molecule has 2 heterocycles. The fraction of sp³-hybridized carbons (Fsp3) is 0.474. The van der Waals surface area contributed by atoms with Crippen molar-refractivity contribution in [2.24, 2.45) is 11.7 Å². The highest BCUT2D eigenvalue weighted by Crippen LogP contribution is 2.22. The van der Waals surface area contributed by atoms with E-state index >= 15 is 0 Å². The lowest BCUT2D eigenvalue weighted by atomic mass is 10.0. The van der Waals surface area contributed by atoms with Gasteiger partial charge in [0.2, 0.25) is 11.8 Å². The maximum absolute atomic E-state index is 13.2. The Kier molecular flexibility index (Phi) is 6.03. The number of carbonyl (C=O) groups excluding carboxylic acids is 2. The molecule has 0 spiro atoms. The van der Waals surface area contributed by atoms with Gasteiger partial charge in [-0.2, -0.15) is 4.98 Å². The first-order valence-corrected chi connectivity index (χ1v) is 9.22. The van der Waals surface area contributed by atoms with Gasteiger partial charge in [-0.1, -0.05) is 31.1 Å². The Hall–Kier alpha value is -2.81. The minimum atomic E-state index is -0.744. The van der Waals surface area contributed by atoms with Crippen molar-refractivity contribution < 1.29 is 18.5 Å². The molecule has 1 aliphatic rings. The van der Waals surface area contributed by atoms with E-state index in [1.807, 2.05) is 4.90 Å². The Labute approximate surface area is 162 Å². The van der Waals surface area contributed by atoms with Crippen molar-refractivity contribution in [3.8, 4) is 0 Å². The molecule has 9 heteroatoms. The molecule has 3 rings (SSSR count). The lowest BCUT2D eigenvalue weighted by molar-refractivity contribution is -0.134. The fourth-order valence-corrected chi connectivity index (χ4v) is 3.35. The molecule has 2 N–H and O–H groups in total. The monoisotopic (exact) mass is 389 g/mol. The summed E-state index contributed by atoms with van der Waals surface area (Å²) in [5.41, 5.74) is 6.04. The van der Waals surface area contributed by atoms with Crippen LogP contribution in [-0.2, 0) is 17.9 Å². The van der Waals surface area contributed by atoms with Gasteiger partial charge >= 0.3 is 0 Å². The first-order chi connectivity index (χ1) is 13.3. The molecule has 0 saturated carbocycles. The second-order valence-electron chi connectivity index (χ2n) is 7.32. The first kappa shape index (κ1) is 19.9. The zero-order valence-electron chi connectivity index (χ0n) is 16.0. The van der Waals surface area contributed by atoms with Crippen molar-refractivity contribution in [3.05, 3.63) is 47.4 Å². The van der Waals surface area contributed by atoms with Crippen molar-refractivity contribution in [1.29, 1.82) is 0 Å². The molecular weight excluding hydrogens is 365 g/mol. The lowest BCUT2D eigenvalue weighted by Gasteiger charge is -2.34. The number of hydrogen-bond acceptors (Lipinski definition) is 6. The topological polar surface area (TPSA) is 106 Å². The summed E-state index contributed by atoms with van der Waals surface area (Å²) in [4.78, 5) is 31.8. The minimum Gasteiger partial charge on any atom is -0.363 e. The molecule has 1 aromatic carbocycles. The Morgan fingerprint density at radius 3 is 2.64 bits per heavy atom. The standard InChI is InChI=1S/C19H24FN5O3/c1-12(2)15-10-24(11-16-22-19(18(21)27)23-28-16)8-7-17(26)25(15)9-13-3-5-14(20)6-4-13/h3-6,12,15H,7-11H2,1-2H3,(H2,21,27). The van der Waals surface area contributed by atoms with Crippen LogP contribution >= 0.6 is 0 Å². The van der Waals surface area contributed by atoms with Gasteiger partial charge in [0, 0.05) is 32.1 Å². The first-order valence-electron chi connectivity index (χ1n) is 9.22. The van der Waals surface area contributed by atoms with Gasteiger partial charge in [0.15, 0.2) is 0 Å². The summed E-state index contributed by atoms with van der Waals surface area (Å²) in [6.45, 7) is 6.06. The molecule has 150 valence electrons. The van der Waals surface area contributed by atoms with Gasteiger partial charge in [0.05, 0.1) is 6.54 Å². The summed E-state index contributed by atoms with van der Waals surface area (Å²) >= 11 is 0. The van der Waals surface area contributed by atoms with Gasteiger partial charge in [0.1, 0.15) is 5.82 Å². The average Bonchev–Trinajstić information content (AvgIpc) is 3.06. The summed E-state index contributed by atoms with van der Waals surface area (Å²) in [7, 11) is 0. The summed E-state index contributed by atoms with van der Waals surface area (Å²) < 4.78 is 18.3. The number of carbonyl (C=O) groups is 2. The number of nitrogens with two attached hydrogens (primary N) is 1. The molecule has 1 saturated heterocycles. The van der Waals surface area contributed by atoms with Crippen LogP contribution in [0, 0.1) is 11.7 Å². The van der Waals surface area contributed by atoms with Crippen LogP contribution in [0.4, 0.5) is 4.39 Å². The maximum atomic E-state index is 13.2. The highest BCUT2D eigenvalue weighted by atomic mass is 19.1. The Morgan fingerprint density at radius 1 is 1.32 bits per heavy atom. The van der Waals surface area contributed by atoms with Crippen LogP contribution in [0.1, 0.15) is 42.3 Å². The smallest absolute Gasteiger partial charge is 0.290 e. The van der Waals surface area contributed by atoms with E-state index in [-0.39, 0.29) is 35.4 Å². The molecule has 28 heavy (non-hydrogen) atoms. The largest absolute Gasteiger partial charge is 0.363 e. The van der Waals surface area contributed by atoms with Gasteiger partial charge in [0.25, 0.3) is 11.7 Å². The number of rotatable bonds is 6. The molecule has 8 nitrogen and oxygen atoms in total. The average molecular weight is 389 g/mol. The van der Waals surface area contributed by atoms with E-state index in [0.29, 0.717) is 32.6 Å². The number of benzene rings is 1. The third-order valence-corrected chi connectivity index (χ3v) is 4.89. The second-order valence-corrected chi connectivity index (χ2v) is 7.32. The zero-order chi connectivity index (χ0) is 20.3. The van der Waals surface area contributed by atoms with Crippen LogP contribution in [-0.4, -0.2) is 50.9 Å². The predicted molar refractivity (Wildman–Crippen MR) is 98.3 cm³/mol. The van der Waals surface area contributed by atoms with Crippen LogP contribution in [0.25, 0.3) is 0 Å². The number of halogens is 1. The number of amides is 2. The van der Waals surface area contributed by atoms with Crippen LogP contribution in [0.2, 0.25) is 0 Å². The normalized spacial score (nSPS) is 18.5. The summed E-state index contributed by atoms with van der Waals surface area (Å²) in [6.07, 6.45) is 0.348. The minimum absolute atomic E-state index is 0.0291. The molecule has 2 amide bonds. The van der Waals surface area contributed by atoms with Gasteiger partial charge in [-0.15, -0.1) is 0 Å². The Bertz CT molecular complexity index is 836. The fourth-order valence-electron chi connectivity index (χ4n) is 3.35. The van der Waals surface area contributed by atoms with Gasteiger partial charge in [-0.3, -0.25) is 14.5 Å². The zero-order valence-corrected chi connectivity index (χ0v) is 16.0. The van der Waals surface area contributed by atoms with Gasteiger partial charge in [-0.05, 0) is 23.6 Å². The third-order valence-electron chi connectivity index (χ3n) is 4.89. The number of nitrogens with zero attached hydrogens (tertiary/aromatic N) is 4. The highest BCUT2D eigenvalue weighted by Gasteiger charge is 2.32. The quantitative estimate of drug-likeness (QED) is 0.804. The molecule has 1 unspecified atom stereocenters. The van der Waals surface area contributed by atoms with Gasteiger partial charge < -0.3 is 15.2 Å². The Morgan fingerprint density at radius 2 is 2.04 bits per heavy atom. The van der Waals surface area contributed by atoms with E-state index < -0.39 is 5.91 Å². The van der Waals surface area contributed by atoms with E-state index in [2.05, 4.69) is 28.9 Å². The van der Waals surface area contributed by atoms with Crippen LogP contribution in [0.3, 0.4) is 0 Å². The van der Waals surface area contributed by atoms with E-state index in [4.69, 9.17) is 10.3 Å². The molecule has 1 atom stereocenters. The molecule has 1 aromatic heterocycles. The van der Waals surface area contributed by atoms with Gasteiger partial charge in [-0.25, -0.2) is 4.39 Å². The predicted octanol–water partition coefficient (Wildman–Crippen LogP) is 1.57.